The van der Waals surface area contributed by atoms with Crippen molar-refractivity contribution in [3.05, 3.63) is 117 Å². The number of ether oxygens (including phenoxy) is 2. The normalized spacial score (nSPS) is 20.2. The van der Waals surface area contributed by atoms with Crippen molar-refractivity contribution in [2.75, 3.05) is 34.4 Å². The van der Waals surface area contributed by atoms with Gasteiger partial charge in [0, 0.05) is 23.5 Å². The zero-order valence-electron chi connectivity index (χ0n) is 21.5. The van der Waals surface area contributed by atoms with Crippen LogP contribution < -0.4 is 9.47 Å². The number of hydrogen-bond acceptors (Lipinski definition) is 6. The van der Waals surface area contributed by atoms with Gasteiger partial charge in [-0.15, -0.1) is 0 Å². The maximum Gasteiger partial charge on any atom is 0.174 e. The van der Waals surface area contributed by atoms with Gasteiger partial charge in [0.25, 0.3) is 0 Å². The summed E-state index contributed by atoms with van der Waals surface area (Å²) in [5.41, 5.74) is 8.17. The standard InChI is InChI=1S/C31H28ClN3O2S/c1-34-17-23(16-20-4-12-25(36-2)13-5-20)29-27(18-34)30(22-8-14-26(37-3)15-9-22)35-28(19-38-31(35)33-29)21-6-10-24(32)11-7-21/h4-16,19,30H,17-18H2,1-3H3. The third-order valence-electron chi connectivity index (χ3n) is 7.05. The van der Waals surface area contributed by atoms with Crippen molar-refractivity contribution in [2.24, 2.45) is 4.99 Å². The minimum atomic E-state index is 0.00218. The van der Waals surface area contributed by atoms with Crippen molar-refractivity contribution in [3.63, 3.8) is 0 Å². The van der Waals surface area contributed by atoms with Gasteiger partial charge in [-0.3, -0.25) is 4.90 Å². The van der Waals surface area contributed by atoms with Crippen LogP contribution in [0.25, 0.3) is 11.8 Å². The van der Waals surface area contributed by atoms with Crippen LogP contribution >= 0.6 is 23.4 Å². The monoisotopic (exact) mass is 541 g/mol. The number of likely N-dealkylation sites (N-methyl/N-ethyl adjacent to an activating group) is 1. The molecule has 0 fully saturated rings. The molecule has 7 heteroatoms. The van der Waals surface area contributed by atoms with Crippen molar-refractivity contribution in [1.82, 2.24) is 9.80 Å². The van der Waals surface area contributed by atoms with Crippen molar-refractivity contribution in [2.45, 2.75) is 6.04 Å². The van der Waals surface area contributed by atoms with E-state index < -0.39 is 0 Å². The second-order valence-corrected chi connectivity index (χ2v) is 10.8. The number of aliphatic imine (C=N–C) groups is 1. The Balaban J connectivity index is 1.48. The quantitative estimate of drug-likeness (QED) is 0.344. The van der Waals surface area contributed by atoms with Crippen LogP contribution in [-0.2, 0) is 0 Å². The summed E-state index contributed by atoms with van der Waals surface area (Å²) in [6.45, 7) is 1.66. The van der Waals surface area contributed by atoms with E-state index in [4.69, 9.17) is 26.1 Å². The molecule has 0 saturated heterocycles. The molecule has 0 radical (unpaired) electrons. The maximum absolute atomic E-state index is 6.22. The highest BCUT2D eigenvalue weighted by atomic mass is 35.5. The van der Waals surface area contributed by atoms with Crippen molar-refractivity contribution in [1.29, 1.82) is 0 Å². The fraction of sp³-hybridized carbons (Fsp3) is 0.194. The minimum absolute atomic E-state index is 0.00218. The van der Waals surface area contributed by atoms with Crippen LogP contribution in [0.15, 0.2) is 100 Å². The number of hydrogen-bond donors (Lipinski definition) is 0. The Morgan fingerprint density at radius 3 is 2.21 bits per heavy atom. The van der Waals surface area contributed by atoms with Crippen LogP contribution in [0.3, 0.4) is 0 Å². The first-order valence-electron chi connectivity index (χ1n) is 12.5. The zero-order chi connectivity index (χ0) is 26.2. The Morgan fingerprint density at radius 1 is 0.895 bits per heavy atom. The third kappa shape index (κ3) is 4.64. The molecule has 0 N–H and O–H groups in total. The fourth-order valence-electron chi connectivity index (χ4n) is 5.24. The first-order chi connectivity index (χ1) is 18.5. The molecular formula is C31H28ClN3O2S. The average molecular weight is 542 g/mol. The van der Waals surface area contributed by atoms with Gasteiger partial charge in [0.2, 0.25) is 0 Å². The molecule has 3 heterocycles. The lowest BCUT2D eigenvalue weighted by Gasteiger charge is -2.42. The Kier molecular flexibility index (Phi) is 6.78. The molecule has 0 bridgehead atoms. The van der Waals surface area contributed by atoms with E-state index >= 15 is 0 Å². The first-order valence-corrected chi connectivity index (χ1v) is 13.7. The van der Waals surface area contributed by atoms with Crippen LogP contribution in [0.5, 0.6) is 11.5 Å². The zero-order valence-corrected chi connectivity index (χ0v) is 23.1. The summed E-state index contributed by atoms with van der Waals surface area (Å²) < 4.78 is 10.8. The van der Waals surface area contributed by atoms with E-state index in [9.17, 15) is 0 Å². The van der Waals surface area contributed by atoms with Crippen LogP contribution in [0.1, 0.15) is 22.7 Å². The molecule has 0 amide bonds. The van der Waals surface area contributed by atoms with Gasteiger partial charge in [-0.2, -0.15) is 0 Å². The SMILES string of the molecule is COc1ccc(C=C2CN(C)CC3=C2N=C2SC=C(c4ccc(Cl)cc4)N2C3c2ccc(OC)cc2)cc1. The number of amidine groups is 1. The number of rotatable bonds is 5. The van der Waals surface area contributed by atoms with Gasteiger partial charge in [0.15, 0.2) is 5.17 Å². The predicted molar refractivity (Wildman–Crippen MR) is 158 cm³/mol. The minimum Gasteiger partial charge on any atom is -0.497 e. The molecule has 0 aliphatic carbocycles. The molecule has 1 unspecified atom stereocenters. The summed E-state index contributed by atoms with van der Waals surface area (Å²) in [5.74, 6) is 1.70. The molecule has 0 aromatic heterocycles. The fourth-order valence-corrected chi connectivity index (χ4v) is 6.29. The lowest BCUT2D eigenvalue weighted by molar-refractivity contribution is 0.344. The van der Waals surface area contributed by atoms with E-state index in [1.807, 2.05) is 36.4 Å². The Hall–Kier alpha value is -3.45. The summed E-state index contributed by atoms with van der Waals surface area (Å²) in [6.07, 6.45) is 2.25. The number of fused-ring (bicyclic) bond motifs is 1. The average Bonchev–Trinajstić information content (AvgIpc) is 3.36. The molecular weight excluding hydrogens is 514 g/mol. The van der Waals surface area contributed by atoms with Crippen molar-refractivity contribution >= 4 is 40.3 Å². The van der Waals surface area contributed by atoms with E-state index in [-0.39, 0.29) is 6.04 Å². The lowest BCUT2D eigenvalue weighted by atomic mass is 9.88. The van der Waals surface area contributed by atoms with Gasteiger partial charge >= 0.3 is 0 Å². The van der Waals surface area contributed by atoms with E-state index in [1.54, 1.807) is 26.0 Å². The Bertz CT molecular complexity index is 1480. The van der Waals surface area contributed by atoms with Gasteiger partial charge in [-0.1, -0.05) is 59.8 Å². The van der Waals surface area contributed by atoms with E-state index in [1.165, 1.54) is 16.7 Å². The number of nitrogens with zero attached hydrogens (tertiary/aromatic N) is 3. The van der Waals surface area contributed by atoms with E-state index in [0.717, 1.165) is 57.3 Å². The Labute approximate surface area is 232 Å². The number of benzene rings is 3. The summed E-state index contributed by atoms with van der Waals surface area (Å²) in [4.78, 5) is 10.0. The molecule has 0 spiro atoms. The molecule has 0 saturated carbocycles. The van der Waals surface area contributed by atoms with Crippen molar-refractivity contribution < 1.29 is 9.47 Å². The summed E-state index contributed by atoms with van der Waals surface area (Å²) in [6, 6.07) is 24.6. The highest BCUT2D eigenvalue weighted by Crippen LogP contribution is 2.49. The molecule has 192 valence electrons. The number of methoxy groups -OCH3 is 2. The molecule has 3 aliphatic rings. The highest BCUT2D eigenvalue weighted by molar-refractivity contribution is 8.16. The van der Waals surface area contributed by atoms with Gasteiger partial charge in [-0.25, -0.2) is 4.99 Å². The van der Waals surface area contributed by atoms with Crippen LogP contribution in [-0.4, -0.2) is 49.3 Å². The molecule has 38 heavy (non-hydrogen) atoms. The molecule has 5 nitrogen and oxygen atoms in total. The van der Waals surface area contributed by atoms with Crippen LogP contribution in [0.2, 0.25) is 5.02 Å². The molecule has 1 atom stereocenters. The van der Waals surface area contributed by atoms with Gasteiger partial charge < -0.3 is 14.4 Å². The molecule has 3 aliphatic heterocycles. The topological polar surface area (TPSA) is 37.3 Å². The maximum atomic E-state index is 6.22. The molecule has 3 aromatic rings. The Morgan fingerprint density at radius 2 is 1.55 bits per heavy atom. The second kappa shape index (κ2) is 10.4. The smallest absolute Gasteiger partial charge is 0.174 e. The third-order valence-corrected chi connectivity index (χ3v) is 8.15. The molecule has 6 rings (SSSR count). The summed E-state index contributed by atoms with van der Waals surface area (Å²) >= 11 is 7.89. The number of halogens is 1. The summed E-state index contributed by atoms with van der Waals surface area (Å²) in [7, 11) is 5.56. The van der Waals surface area contributed by atoms with Gasteiger partial charge in [-0.05, 0) is 77.4 Å². The van der Waals surface area contributed by atoms with Gasteiger partial charge in [0.1, 0.15) is 11.5 Å². The largest absolute Gasteiger partial charge is 0.497 e. The predicted octanol–water partition coefficient (Wildman–Crippen LogP) is 7.10. The lowest BCUT2D eigenvalue weighted by Crippen LogP contribution is -2.40. The second-order valence-electron chi connectivity index (χ2n) is 9.56. The summed E-state index contributed by atoms with van der Waals surface area (Å²) in [5, 5.41) is 3.92. The van der Waals surface area contributed by atoms with E-state index in [0.29, 0.717) is 0 Å². The molecule has 3 aromatic carbocycles. The van der Waals surface area contributed by atoms with Gasteiger partial charge in [0.05, 0.1) is 31.7 Å². The van der Waals surface area contributed by atoms with E-state index in [2.05, 4.69) is 64.7 Å². The number of thioether (sulfide) groups is 1. The first kappa shape index (κ1) is 24.9. The highest BCUT2D eigenvalue weighted by Gasteiger charge is 2.41. The van der Waals surface area contributed by atoms with Crippen LogP contribution in [0.4, 0.5) is 0 Å². The van der Waals surface area contributed by atoms with Crippen molar-refractivity contribution in [3.8, 4) is 11.5 Å². The van der Waals surface area contributed by atoms with Crippen LogP contribution in [0, 0.1) is 0 Å².